The number of anilines is 1. The molecular weight excluding hydrogens is 270 g/mol. The number of carboxylic acid groups (broad SMARTS) is 1. The van der Waals surface area contributed by atoms with Crippen molar-refractivity contribution in [3.63, 3.8) is 0 Å². The summed E-state index contributed by atoms with van der Waals surface area (Å²) in [5.74, 6) is -2.79. The van der Waals surface area contributed by atoms with E-state index in [0.717, 1.165) is 11.1 Å². The maximum absolute atomic E-state index is 12.5. The van der Waals surface area contributed by atoms with Gasteiger partial charge in [-0.3, -0.25) is 9.59 Å². The molecule has 110 valence electrons. The molecule has 1 saturated heterocycles. The van der Waals surface area contributed by atoms with Gasteiger partial charge in [0.15, 0.2) is 0 Å². The second kappa shape index (κ2) is 5.00. The van der Waals surface area contributed by atoms with Crippen LogP contribution in [-0.4, -0.2) is 29.2 Å². The van der Waals surface area contributed by atoms with E-state index in [4.69, 9.17) is 4.74 Å². The topological polar surface area (TPSA) is 75.6 Å². The van der Waals surface area contributed by atoms with Crippen LogP contribution in [0.2, 0.25) is 0 Å². The molecule has 0 radical (unpaired) electrons. The Hall–Kier alpha value is -2.14. The fraction of sp³-hybridized carbons (Fsp3) is 0.375. The number of amides is 1. The van der Waals surface area contributed by atoms with Crippen molar-refractivity contribution in [3.05, 3.63) is 41.5 Å². The number of carbonyl (C=O) groups is 2. The van der Waals surface area contributed by atoms with E-state index in [2.05, 4.69) is 5.32 Å². The standard InChI is InChI=1S/C16H17NO4/c1-8-5-9(2)7-10(6-8)17-15(18)13-11-3-4-12(21-11)14(13)16(19)20/h3-7,11-14H,1-2H3,(H,17,18)(H,19,20)/t11-,12+,13+,14+/m1/s1. The number of carbonyl (C=O) groups excluding carboxylic acids is 1. The molecule has 3 rings (SSSR count). The molecule has 1 aromatic carbocycles. The average Bonchev–Trinajstić information content (AvgIpc) is 2.96. The average molecular weight is 287 g/mol. The number of fused-ring (bicyclic) bond motifs is 2. The number of hydrogen-bond acceptors (Lipinski definition) is 3. The predicted molar refractivity (Wildman–Crippen MR) is 77.0 cm³/mol. The predicted octanol–water partition coefficient (Wildman–Crippen LogP) is 1.90. The van der Waals surface area contributed by atoms with Crippen LogP contribution in [0.1, 0.15) is 11.1 Å². The van der Waals surface area contributed by atoms with Gasteiger partial charge in [0.2, 0.25) is 5.91 Å². The molecule has 1 amide bonds. The second-order valence-electron chi connectivity index (χ2n) is 5.71. The first-order valence-electron chi connectivity index (χ1n) is 6.91. The Balaban J connectivity index is 1.82. The van der Waals surface area contributed by atoms with E-state index < -0.39 is 30.0 Å². The molecule has 2 bridgehead atoms. The lowest BCUT2D eigenvalue weighted by Crippen LogP contribution is -2.39. The quantitative estimate of drug-likeness (QED) is 0.833. The van der Waals surface area contributed by atoms with E-state index in [1.807, 2.05) is 32.0 Å². The van der Waals surface area contributed by atoms with E-state index in [9.17, 15) is 14.7 Å². The van der Waals surface area contributed by atoms with Crippen LogP contribution < -0.4 is 5.32 Å². The summed E-state index contributed by atoms with van der Waals surface area (Å²) < 4.78 is 5.51. The van der Waals surface area contributed by atoms with Crippen molar-refractivity contribution in [2.45, 2.75) is 26.1 Å². The van der Waals surface area contributed by atoms with Gasteiger partial charge in [-0.1, -0.05) is 18.2 Å². The Morgan fingerprint density at radius 3 is 2.19 bits per heavy atom. The smallest absolute Gasteiger partial charge is 0.310 e. The summed E-state index contributed by atoms with van der Waals surface area (Å²) in [7, 11) is 0. The van der Waals surface area contributed by atoms with Gasteiger partial charge in [-0.05, 0) is 37.1 Å². The van der Waals surface area contributed by atoms with E-state index in [1.54, 1.807) is 12.2 Å². The third kappa shape index (κ3) is 2.45. The first-order chi connectivity index (χ1) is 9.95. The van der Waals surface area contributed by atoms with E-state index in [-0.39, 0.29) is 5.91 Å². The maximum Gasteiger partial charge on any atom is 0.310 e. The Kier molecular flexibility index (Phi) is 3.29. The number of rotatable bonds is 3. The number of hydrogen-bond donors (Lipinski definition) is 2. The fourth-order valence-corrected chi connectivity index (χ4v) is 3.19. The van der Waals surface area contributed by atoms with E-state index in [0.29, 0.717) is 5.69 Å². The van der Waals surface area contributed by atoms with Crippen LogP contribution in [0, 0.1) is 25.7 Å². The first-order valence-corrected chi connectivity index (χ1v) is 6.91. The normalized spacial score (nSPS) is 29.6. The number of nitrogens with one attached hydrogen (secondary N) is 1. The summed E-state index contributed by atoms with van der Waals surface area (Å²) in [5, 5.41) is 12.1. The zero-order valence-corrected chi connectivity index (χ0v) is 11.9. The van der Waals surface area contributed by atoms with Crippen molar-refractivity contribution >= 4 is 17.6 Å². The van der Waals surface area contributed by atoms with Gasteiger partial charge in [0, 0.05) is 5.69 Å². The SMILES string of the molecule is Cc1cc(C)cc(NC(=O)[C@@H]2[C@@H](C(=O)O)[C@@H]3C=C[C@H]2O3)c1. The van der Waals surface area contributed by atoms with Crippen LogP contribution in [0.4, 0.5) is 5.69 Å². The molecule has 0 aliphatic carbocycles. The molecular formula is C16H17NO4. The van der Waals surface area contributed by atoms with E-state index in [1.165, 1.54) is 0 Å². The minimum atomic E-state index is -0.993. The van der Waals surface area contributed by atoms with Crippen LogP contribution in [-0.2, 0) is 14.3 Å². The lowest BCUT2D eigenvalue weighted by molar-refractivity contribution is -0.145. The Labute approximate surface area is 122 Å². The molecule has 0 spiro atoms. The Morgan fingerprint density at radius 1 is 1.05 bits per heavy atom. The molecule has 2 aliphatic rings. The van der Waals surface area contributed by atoms with Crippen LogP contribution in [0.15, 0.2) is 30.4 Å². The number of benzene rings is 1. The molecule has 0 saturated carbocycles. The Morgan fingerprint density at radius 2 is 1.62 bits per heavy atom. The summed E-state index contributed by atoms with van der Waals surface area (Å²) in [6.45, 7) is 3.90. The van der Waals surface area contributed by atoms with Crippen molar-refractivity contribution in [1.82, 2.24) is 0 Å². The summed E-state index contributed by atoms with van der Waals surface area (Å²) >= 11 is 0. The lowest BCUT2D eigenvalue weighted by Gasteiger charge is -2.21. The molecule has 2 N–H and O–H groups in total. The molecule has 0 unspecified atom stereocenters. The minimum Gasteiger partial charge on any atom is -0.481 e. The maximum atomic E-state index is 12.5. The zero-order chi connectivity index (χ0) is 15.1. The van der Waals surface area contributed by atoms with Crippen molar-refractivity contribution < 1.29 is 19.4 Å². The Bertz CT molecular complexity index is 617. The summed E-state index contributed by atoms with van der Waals surface area (Å²) in [5.41, 5.74) is 2.78. The molecule has 1 fully saturated rings. The van der Waals surface area contributed by atoms with Crippen molar-refractivity contribution in [2.75, 3.05) is 5.32 Å². The molecule has 21 heavy (non-hydrogen) atoms. The zero-order valence-electron chi connectivity index (χ0n) is 11.9. The highest BCUT2D eigenvalue weighted by molar-refractivity contribution is 5.96. The van der Waals surface area contributed by atoms with Crippen LogP contribution in [0.25, 0.3) is 0 Å². The highest BCUT2D eigenvalue weighted by atomic mass is 16.5. The number of carboxylic acids is 1. The summed E-state index contributed by atoms with van der Waals surface area (Å²) in [6.07, 6.45) is 2.56. The first kappa shape index (κ1) is 13.8. The van der Waals surface area contributed by atoms with Crippen LogP contribution >= 0.6 is 0 Å². The number of ether oxygens (including phenoxy) is 1. The van der Waals surface area contributed by atoms with Crippen LogP contribution in [0.3, 0.4) is 0 Å². The molecule has 2 heterocycles. The minimum absolute atomic E-state index is 0.302. The van der Waals surface area contributed by atoms with Gasteiger partial charge in [-0.2, -0.15) is 0 Å². The molecule has 4 atom stereocenters. The number of aliphatic carboxylic acids is 1. The van der Waals surface area contributed by atoms with Gasteiger partial charge in [-0.25, -0.2) is 0 Å². The molecule has 5 nitrogen and oxygen atoms in total. The highest BCUT2D eigenvalue weighted by Gasteiger charge is 2.53. The van der Waals surface area contributed by atoms with Gasteiger partial charge in [-0.15, -0.1) is 0 Å². The fourth-order valence-electron chi connectivity index (χ4n) is 3.19. The third-order valence-electron chi connectivity index (χ3n) is 3.98. The van der Waals surface area contributed by atoms with E-state index >= 15 is 0 Å². The van der Waals surface area contributed by atoms with Gasteiger partial charge in [0.25, 0.3) is 0 Å². The summed E-state index contributed by atoms with van der Waals surface area (Å²) in [6, 6.07) is 5.74. The van der Waals surface area contributed by atoms with Crippen molar-refractivity contribution in [3.8, 4) is 0 Å². The highest BCUT2D eigenvalue weighted by Crippen LogP contribution is 2.39. The van der Waals surface area contributed by atoms with Crippen LogP contribution in [0.5, 0.6) is 0 Å². The lowest BCUT2D eigenvalue weighted by atomic mass is 9.82. The molecule has 0 aromatic heterocycles. The van der Waals surface area contributed by atoms with Crippen molar-refractivity contribution in [1.29, 1.82) is 0 Å². The van der Waals surface area contributed by atoms with Gasteiger partial charge >= 0.3 is 5.97 Å². The van der Waals surface area contributed by atoms with Gasteiger partial charge in [0.1, 0.15) is 5.92 Å². The van der Waals surface area contributed by atoms with Gasteiger partial charge < -0.3 is 15.2 Å². The largest absolute Gasteiger partial charge is 0.481 e. The number of aryl methyl sites for hydroxylation is 2. The van der Waals surface area contributed by atoms with Gasteiger partial charge in [0.05, 0.1) is 18.1 Å². The molecule has 5 heteroatoms. The summed E-state index contributed by atoms with van der Waals surface area (Å²) in [4.78, 5) is 23.8. The molecule has 1 aromatic rings. The monoisotopic (exact) mass is 287 g/mol. The van der Waals surface area contributed by atoms with Crippen molar-refractivity contribution in [2.24, 2.45) is 11.8 Å². The third-order valence-corrected chi connectivity index (χ3v) is 3.98. The molecule has 2 aliphatic heterocycles. The second-order valence-corrected chi connectivity index (χ2v) is 5.71.